The van der Waals surface area contributed by atoms with Crippen LogP contribution in [0.3, 0.4) is 0 Å². The third kappa shape index (κ3) is 4.32. The van der Waals surface area contributed by atoms with Gasteiger partial charge in [0.05, 0.1) is 10.6 Å². The lowest BCUT2D eigenvalue weighted by Gasteiger charge is -2.07. The summed E-state index contributed by atoms with van der Waals surface area (Å²) in [4.78, 5) is 11.6. The Morgan fingerprint density at radius 2 is 2.12 bits per heavy atom. The zero-order valence-electron chi connectivity index (χ0n) is 9.72. The highest BCUT2D eigenvalue weighted by Gasteiger charge is 2.12. The Kier molecular flexibility index (Phi) is 5.94. The molecule has 0 aliphatic heterocycles. The summed E-state index contributed by atoms with van der Waals surface area (Å²) in [6.45, 7) is 4.10. The summed E-state index contributed by atoms with van der Waals surface area (Å²) in [6.07, 6.45) is 1.04. The first-order chi connectivity index (χ1) is 8.16. The van der Waals surface area contributed by atoms with E-state index in [4.69, 9.17) is 11.6 Å². The zero-order valence-corrected chi connectivity index (χ0v) is 10.5. The monoisotopic (exact) mass is 258 g/mol. The molecule has 17 heavy (non-hydrogen) atoms. The Morgan fingerprint density at radius 1 is 1.35 bits per heavy atom. The first-order valence-electron chi connectivity index (χ1n) is 5.59. The molecule has 0 saturated heterocycles. The van der Waals surface area contributed by atoms with Gasteiger partial charge in [-0.25, -0.2) is 4.39 Å². The standard InChI is InChI=1S/C12H16ClFN2O/c1-2-6-15-7-8-16-12(17)9-4-3-5-10(13)11(9)14/h3-5,15H,2,6-8H2,1H3,(H,16,17). The molecule has 2 N–H and O–H groups in total. The number of carbonyl (C=O) groups is 1. The molecule has 5 heteroatoms. The molecular formula is C12H16ClFN2O. The lowest BCUT2D eigenvalue weighted by molar-refractivity contribution is 0.0950. The topological polar surface area (TPSA) is 41.1 Å². The summed E-state index contributed by atoms with van der Waals surface area (Å²) in [5, 5.41) is 5.72. The fourth-order valence-electron chi connectivity index (χ4n) is 1.34. The van der Waals surface area contributed by atoms with Crippen LogP contribution in [0, 0.1) is 5.82 Å². The molecule has 0 aliphatic rings. The third-order valence-electron chi connectivity index (χ3n) is 2.21. The van der Waals surface area contributed by atoms with Gasteiger partial charge in [-0.1, -0.05) is 24.6 Å². The molecule has 3 nitrogen and oxygen atoms in total. The Morgan fingerprint density at radius 3 is 2.82 bits per heavy atom. The Bertz CT molecular complexity index is 385. The van der Waals surface area contributed by atoms with Gasteiger partial charge in [-0.05, 0) is 25.1 Å². The molecule has 0 saturated carbocycles. The Balaban J connectivity index is 2.44. The second-order valence-electron chi connectivity index (χ2n) is 3.61. The van der Waals surface area contributed by atoms with Gasteiger partial charge in [-0.2, -0.15) is 0 Å². The quantitative estimate of drug-likeness (QED) is 0.768. The van der Waals surface area contributed by atoms with Crippen LogP contribution >= 0.6 is 11.6 Å². The first kappa shape index (κ1) is 13.9. The minimum absolute atomic E-state index is 0.0204. The maximum atomic E-state index is 13.5. The van der Waals surface area contributed by atoms with Gasteiger partial charge in [0.1, 0.15) is 0 Å². The van der Waals surface area contributed by atoms with Gasteiger partial charge < -0.3 is 10.6 Å². The molecule has 0 bridgehead atoms. The van der Waals surface area contributed by atoms with E-state index in [0.29, 0.717) is 13.1 Å². The smallest absolute Gasteiger partial charge is 0.254 e. The number of rotatable bonds is 6. The van der Waals surface area contributed by atoms with E-state index in [1.807, 2.05) is 0 Å². The van der Waals surface area contributed by atoms with Gasteiger partial charge >= 0.3 is 0 Å². The lowest BCUT2D eigenvalue weighted by Crippen LogP contribution is -2.32. The zero-order chi connectivity index (χ0) is 12.7. The van der Waals surface area contributed by atoms with Gasteiger partial charge in [0.15, 0.2) is 5.82 Å². The number of halogens is 2. The normalized spacial score (nSPS) is 10.3. The highest BCUT2D eigenvalue weighted by atomic mass is 35.5. The maximum absolute atomic E-state index is 13.5. The molecule has 0 heterocycles. The van der Waals surface area contributed by atoms with Gasteiger partial charge in [-0.3, -0.25) is 4.79 Å². The average Bonchev–Trinajstić information content (AvgIpc) is 2.32. The van der Waals surface area contributed by atoms with Gasteiger partial charge in [0.2, 0.25) is 0 Å². The number of hydrogen-bond donors (Lipinski definition) is 2. The average molecular weight is 259 g/mol. The highest BCUT2D eigenvalue weighted by Crippen LogP contribution is 2.17. The van der Waals surface area contributed by atoms with Crippen molar-refractivity contribution in [3.05, 3.63) is 34.6 Å². The molecule has 0 atom stereocenters. The van der Waals surface area contributed by atoms with Crippen molar-refractivity contribution >= 4 is 17.5 Å². The minimum atomic E-state index is -0.673. The summed E-state index contributed by atoms with van der Waals surface area (Å²) in [6, 6.07) is 4.38. The molecule has 0 spiro atoms. The summed E-state index contributed by atoms with van der Waals surface area (Å²) >= 11 is 5.59. The van der Waals surface area contributed by atoms with Crippen molar-refractivity contribution in [2.24, 2.45) is 0 Å². The van der Waals surface area contributed by atoms with Crippen LogP contribution in [0.1, 0.15) is 23.7 Å². The number of hydrogen-bond acceptors (Lipinski definition) is 2. The van der Waals surface area contributed by atoms with Crippen molar-refractivity contribution in [1.82, 2.24) is 10.6 Å². The van der Waals surface area contributed by atoms with Crippen LogP contribution in [0.25, 0.3) is 0 Å². The minimum Gasteiger partial charge on any atom is -0.351 e. The van der Waals surface area contributed by atoms with Crippen molar-refractivity contribution in [3.8, 4) is 0 Å². The van der Waals surface area contributed by atoms with E-state index >= 15 is 0 Å². The molecule has 0 radical (unpaired) electrons. The molecule has 1 rings (SSSR count). The molecule has 0 aliphatic carbocycles. The Hall–Kier alpha value is -1.13. The molecular weight excluding hydrogens is 243 g/mol. The summed E-state index contributed by atoms with van der Waals surface area (Å²) in [7, 11) is 0. The summed E-state index contributed by atoms with van der Waals surface area (Å²) in [5.41, 5.74) is -0.0204. The highest BCUT2D eigenvalue weighted by molar-refractivity contribution is 6.31. The first-order valence-corrected chi connectivity index (χ1v) is 5.97. The van der Waals surface area contributed by atoms with Crippen molar-refractivity contribution in [1.29, 1.82) is 0 Å². The van der Waals surface area contributed by atoms with Crippen LogP contribution in [-0.4, -0.2) is 25.5 Å². The SMILES string of the molecule is CCCNCCNC(=O)c1cccc(Cl)c1F. The number of benzene rings is 1. The van der Waals surface area contributed by atoms with E-state index in [2.05, 4.69) is 17.6 Å². The second kappa shape index (κ2) is 7.25. The van der Waals surface area contributed by atoms with Crippen LogP contribution in [0.15, 0.2) is 18.2 Å². The van der Waals surface area contributed by atoms with Crippen LogP contribution in [-0.2, 0) is 0 Å². The van der Waals surface area contributed by atoms with Crippen LogP contribution in [0.5, 0.6) is 0 Å². The molecule has 0 unspecified atom stereocenters. The third-order valence-corrected chi connectivity index (χ3v) is 2.50. The van der Waals surface area contributed by atoms with Gasteiger partial charge in [0.25, 0.3) is 5.91 Å². The van der Waals surface area contributed by atoms with Crippen LogP contribution in [0.2, 0.25) is 5.02 Å². The van der Waals surface area contributed by atoms with Crippen molar-refractivity contribution in [3.63, 3.8) is 0 Å². The predicted molar refractivity (Wildman–Crippen MR) is 66.9 cm³/mol. The predicted octanol–water partition coefficient (Wildman–Crippen LogP) is 2.21. The van der Waals surface area contributed by atoms with E-state index in [0.717, 1.165) is 13.0 Å². The van der Waals surface area contributed by atoms with E-state index in [9.17, 15) is 9.18 Å². The van der Waals surface area contributed by atoms with Crippen LogP contribution < -0.4 is 10.6 Å². The van der Waals surface area contributed by atoms with Crippen molar-refractivity contribution in [2.75, 3.05) is 19.6 Å². The molecule has 1 amide bonds. The molecule has 1 aromatic carbocycles. The van der Waals surface area contributed by atoms with Gasteiger partial charge in [0, 0.05) is 13.1 Å². The second-order valence-corrected chi connectivity index (χ2v) is 4.01. The van der Waals surface area contributed by atoms with E-state index < -0.39 is 11.7 Å². The molecule has 0 fully saturated rings. The van der Waals surface area contributed by atoms with E-state index in [-0.39, 0.29) is 10.6 Å². The summed E-state index contributed by atoms with van der Waals surface area (Å²) < 4.78 is 13.5. The van der Waals surface area contributed by atoms with E-state index in [1.54, 1.807) is 6.07 Å². The fraction of sp³-hybridized carbons (Fsp3) is 0.417. The number of amides is 1. The van der Waals surface area contributed by atoms with Gasteiger partial charge in [-0.15, -0.1) is 0 Å². The molecule has 0 aromatic heterocycles. The van der Waals surface area contributed by atoms with Crippen molar-refractivity contribution in [2.45, 2.75) is 13.3 Å². The summed E-state index contributed by atoms with van der Waals surface area (Å²) in [5.74, 6) is -1.11. The fourth-order valence-corrected chi connectivity index (χ4v) is 1.52. The lowest BCUT2D eigenvalue weighted by atomic mass is 10.2. The van der Waals surface area contributed by atoms with Crippen molar-refractivity contribution < 1.29 is 9.18 Å². The molecule has 94 valence electrons. The number of nitrogens with one attached hydrogen (secondary N) is 2. The molecule has 1 aromatic rings. The van der Waals surface area contributed by atoms with E-state index in [1.165, 1.54) is 12.1 Å². The Labute approximate surface area is 105 Å². The largest absolute Gasteiger partial charge is 0.351 e. The van der Waals surface area contributed by atoms with Crippen LogP contribution in [0.4, 0.5) is 4.39 Å². The number of carbonyl (C=O) groups excluding carboxylic acids is 1. The maximum Gasteiger partial charge on any atom is 0.254 e.